The minimum atomic E-state index is -0.392. The SMILES string of the molecule is Cn1c2c(c3ccc(-n4ccc(OCc5ccc(F)cn5)cc4=O)cc31)C1CCC(CN1)C2. The minimum absolute atomic E-state index is 0.167. The number of halogens is 1. The van der Waals surface area contributed by atoms with Gasteiger partial charge in [0, 0.05) is 36.4 Å². The number of fused-ring (bicyclic) bond motifs is 3. The Bertz CT molecular complexity index is 1400. The van der Waals surface area contributed by atoms with Crippen LogP contribution in [-0.4, -0.2) is 20.7 Å². The van der Waals surface area contributed by atoms with Crippen LogP contribution < -0.4 is 15.6 Å². The number of aromatic nitrogens is 3. The van der Waals surface area contributed by atoms with Crippen molar-refractivity contribution in [1.29, 1.82) is 0 Å². The second kappa shape index (κ2) is 7.85. The van der Waals surface area contributed by atoms with Gasteiger partial charge in [-0.15, -0.1) is 0 Å². The zero-order chi connectivity index (χ0) is 22.5. The number of nitrogens with one attached hydrogen (secondary N) is 1. The van der Waals surface area contributed by atoms with Gasteiger partial charge in [-0.25, -0.2) is 4.39 Å². The molecule has 0 radical (unpaired) electrons. The highest BCUT2D eigenvalue weighted by atomic mass is 19.1. The van der Waals surface area contributed by atoms with E-state index in [0.717, 1.165) is 30.4 Å². The number of pyridine rings is 2. The largest absolute Gasteiger partial charge is 0.487 e. The highest BCUT2D eigenvalue weighted by Crippen LogP contribution is 2.41. The number of hydrogen-bond donors (Lipinski definition) is 1. The van der Waals surface area contributed by atoms with Crippen molar-refractivity contribution >= 4 is 10.9 Å². The average molecular weight is 445 g/mol. The molecular weight excluding hydrogens is 419 g/mol. The fourth-order valence-electron chi connectivity index (χ4n) is 5.31. The Hall–Kier alpha value is -3.45. The standard InChI is InChI=1S/C26H25FN4O2/c1-30-23-11-19(5-6-21(23)26-22-7-2-16(13-29-22)10-24(26)30)31-9-8-20(12-25(31)32)33-15-18-4-3-17(27)14-28-18/h3-6,8-9,11-12,14,16,22,29H,2,7,10,13,15H2,1H3. The highest BCUT2D eigenvalue weighted by Gasteiger charge is 2.32. The van der Waals surface area contributed by atoms with Crippen LogP contribution in [0.1, 0.15) is 35.8 Å². The van der Waals surface area contributed by atoms with E-state index in [1.54, 1.807) is 22.9 Å². The summed E-state index contributed by atoms with van der Waals surface area (Å²) in [5, 5.41) is 5.00. The van der Waals surface area contributed by atoms with Crippen molar-refractivity contribution < 1.29 is 9.13 Å². The second-order valence-corrected chi connectivity index (χ2v) is 9.06. The molecule has 33 heavy (non-hydrogen) atoms. The second-order valence-electron chi connectivity index (χ2n) is 9.06. The van der Waals surface area contributed by atoms with Gasteiger partial charge in [-0.05, 0) is 67.6 Å². The maximum atomic E-state index is 13.0. The first-order chi connectivity index (χ1) is 16.1. The van der Waals surface area contributed by atoms with E-state index in [1.165, 1.54) is 41.6 Å². The third-order valence-electron chi connectivity index (χ3n) is 7.04. The molecule has 6 nitrogen and oxygen atoms in total. The van der Waals surface area contributed by atoms with E-state index in [0.29, 0.717) is 23.4 Å². The Kier molecular flexibility index (Phi) is 4.80. The molecule has 1 saturated heterocycles. The Morgan fingerprint density at radius 2 is 2.09 bits per heavy atom. The zero-order valence-corrected chi connectivity index (χ0v) is 18.4. The molecule has 1 fully saturated rings. The van der Waals surface area contributed by atoms with E-state index in [-0.39, 0.29) is 12.2 Å². The van der Waals surface area contributed by atoms with Gasteiger partial charge in [-0.1, -0.05) is 6.07 Å². The molecule has 1 aromatic carbocycles. The molecule has 1 aliphatic carbocycles. The van der Waals surface area contributed by atoms with Crippen LogP contribution >= 0.6 is 0 Å². The van der Waals surface area contributed by atoms with Gasteiger partial charge in [-0.3, -0.25) is 14.3 Å². The van der Waals surface area contributed by atoms with E-state index < -0.39 is 5.82 Å². The molecule has 5 heterocycles. The van der Waals surface area contributed by atoms with Crippen molar-refractivity contribution in [3.05, 3.63) is 88.0 Å². The number of ether oxygens (including phenoxy) is 1. The third kappa shape index (κ3) is 3.53. The molecule has 2 unspecified atom stereocenters. The summed E-state index contributed by atoms with van der Waals surface area (Å²) in [6.07, 6.45) is 6.46. The average Bonchev–Trinajstić information content (AvgIpc) is 2.97. The molecular formula is C26H25FN4O2. The lowest BCUT2D eigenvalue weighted by Crippen LogP contribution is -2.30. The first-order valence-corrected chi connectivity index (χ1v) is 11.4. The van der Waals surface area contributed by atoms with Crippen LogP contribution in [0.4, 0.5) is 4.39 Å². The van der Waals surface area contributed by atoms with Gasteiger partial charge in [-0.2, -0.15) is 0 Å². The van der Waals surface area contributed by atoms with E-state index in [2.05, 4.69) is 34.0 Å². The summed E-state index contributed by atoms with van der Waals surface area (Å²) in [5.74, 6) is 0.762. The van der Waals surface area contributed by atoms with Crippen LogP contribution in [0.3, 0.4) is 0 Å². The number of aryl methyl sites for hydroxylation is 1. The molecule has 1 N–H and O–H groups in total. The molecule has 0 spiro atoms. The van der Waals surface area contributed by atoms with Crippen molar-refractivity contribution in [2.24, 2.45) is 13.0 Å². The molecule has 7 rings (SSSR count). The Morgan fingerprint density at radius 1 is 1.18 bits per heavy atom. The molecule has 2 aliphatic heterocycles. The first-order valence-electron chi connectivity index (χ1n) is 11.4. The molecule has 0 saturated carbocycles. The Morgan fingerprint density at radius 3 is 2.85 bits per heavy atom. The maximum Gasteiger partial charge on any atom is 0.258 e. The predicted octanol–water partition coefficient (Wildman–Crippen LogP) is 4.04. The van der Waals surface area contributed by atoms with Crippen LogP contribution in [0, 0.1) is 11.7 Å². The van der Waals surface area contributed by atoms with Crippen LogP contribution in [0.2, 0.25) is 0 Å². The molecule has 168 valence electrons. The summed E-state index contributed by atoms with van der Waals surface area (Å²) in [4.78, 5) is 16.8. The lowest BCUT2D eigenvalue weighted by molar-refractivity contribution is 0.300. The highest BCUT2D eigenvalue weighted by molar-refractivity contribution is 5.88. The van der Waals surface area contributed by atoms with Gasteiger partial charge >= 0.3 is 0 Å². The van der Waals surface area contributed by atoms with E-state index in [1.807, 2.05) is 6.07 Å². The minimum Gasteiger partial charge on any atom is -0.487 e. The van der Waals surface area contributed by atoms with Crippen LogP contribution in [0.15, 0.2) is 59.7 Å². The topological polar surface area (TPSA) is 61.1 Å². The zero-order valence-electron chi connectivity index (χ0n) is 18.4. The molecule has 3 aliphatic rings. The summed E-state index contributed by atoms with van der Waals surface area (Å²) < 4.78 is 22.6. The van der Waals surface area contributed by atoms with Gasteiger partial charge in [0.15, 0.2) is 0 Å². The van der Waals surface area contributed by atoms with Crippen molar-refractivity contribution in [2.75, 3.05) is 6.54 Å². The van der Waals surface area contributed by atoms with Crippen molar-refractivity contribution in [2.45, 2.75) is 31.9 Å². The van der Waals surface area contributed by atoms with Gasteiger partial charge in [0.05, 0.1) is 23.1 Å². The molecule has 2 bridgehead atoms. The van der Waals surface area contributed by atoms with Crippen molar-refractivity contribution in [3.63, 3.8) is 0 Å². The molecule has 0 amide bonds. The number of benzene rings is 1. The molecule has 3 aromatic heterocycles. The fraction of sp³-hybridized carbons (Fsp3) is 0.308. The smallest absolute Gasteiger partial charge is 0.258 e. The summed E-state index contributed by atoms with van der Waals surface area (Å²) >= 11 is 0. The van der Waals surface area contributed by atoms with Gasteiger partial charge in [0.2, 0.25) is 0 Å². The van der Waals surface area contributed by atoms with E-state index >= 15 is 0 Å². The number of nitrogens with zero attached hydrogens (tertiary/aromatic N) is 3. The number of hydrogen-bond acceptors (Lipinski definition) is 4. The summed E-state index contributed by atoms with van der Waals surface area (Å²) in [5.41, 5.74) is 5.26. The number of rotatable bonds is 4. The van der Waals surface area contributed by atoms with Crippen LogP contribution in [0.25, 0.3) is 16.6 Å². The van der Waals surface area contributed by atoms with Crippen LogP contribution in [-0.2, 0) is 20.1 Å². The Balaban J connectivity index is 1.30. The van der Waals surface area contributed by atoms with Crippen molar-refractivity contribution in [1.82, 2.24) is 19.4 Å². The van der Waals surface area contributed by atoms with Gasteiger partial charge in [0.1, 0.15) is 18.2 Å². The summed E-state index contributed by atoms with van der Waals surface area (Å²) in [6, 6.07) is 12.8. The Labute approximate surface area is 190 Å². The summed E-state index contributed by atoms with van der Waals surface area (Å²) in [6.45, 7) is 1.26. The first kappa shape index (κ1) is 20.2. The molecule has 4 aromatic rings. The normalized spacial score (nSPS) is 19.5. The fourth-order valence-corrected chi connectivity index (χ4v) is 5.31. The lowest BCUT2D eigenvalue weighted by Gasteiger charge is -2.25. The van der Waals surface area contributed by atoms with E-state index in [9.17, 15) is 9.18 Å². The molecule has 2 atom stereocenters. The maximum absolute atomic E-state index is 13.0. The van der Waals surface area contributed by atoms with Gasteiger partial charge < -0.3 is 14.6 Å². The predicted molar refractivity (Wildman–Crippen MR) is 124 cm³/mol. The number of piperidine rings is 1. The summed E-state index contributed by atoms with van der Waals surface area (Å²) in [7, 11) is 2.14. The monoisotopic (exact) mass is 444 g/mol. The van der Waals surface area contributed by atoms with Gasteiger partial charge in [0.25, 0.3) is 5.56 Å². The van der Waals surface area contributed by atoms with Crippen LogP contribution in [0.5, 0.6) is 5.75 Å². The third-order valence-corrected chi connectivity index (χ3v) is 7.04. The lowest BCUT2D eigenvalue weighted by atomic mass is 9.94. The quantitative estimate of drug-likeness (QED) is 0.516. The van der Waals surface area contributed by atoms with E-state index in [4.69, 9.17) is 4.74 Å². The van der Waals surface area contributed by atoms with Crippen molar-refractivity contribution in [3.8, 4) is 11.4 Å². The molecule has 7 heteroatoms.